The molecule has 0 amide bonds. The Morgan fingerprint density at radius 1 is 1.46 bits per heavy atom. The van der Waals surface area contributed by atoms with Gasteiger partial charge in [0.25, 0.3) is 5.69 Å². The number of aromatic nitrogens is 2. The van der Waals surface area contributed by atoms with Crippen LogP contribution in [0.15, 0.2) is 40.7 Å². The number of rotatable bonds is 4. The molecule has 0 atom stereocenters. The average Bonchev–Trinajstić information content (AvgIpc) is 3.04. The molecule has 0 radical (unpaired) electrons. The molecule has 3 aromatic rings. The zero-order valence-electron chi connectivity index (χ0n) is 12.6. The Morgan fingerprint density at radius 3 is 2.96 bits per heavy atom. The molecule has 10 heteroatoms. The van der Waals surface area contributed by atoms with Gasteiger partial charge in [-0.05, 0) is 6.92 Å². The van der Waals surface area contributed by atoms with E-state index in [1.54, 1.807) is 12.1 Å². The van der Waals surface area contributed by atoms with Crippen molar-refractivity contribution >= 4 is 34.2 Å². The minimum Gasteiger partial charge on any atom is -0.369 e. The molecular formula is C14H13N7O2S. The normalized spacial score (nSPS) is 11.2. The zero-order chi connectivity index (χ0) is 17.3. The van der Waals surface area contributed by atoms with Crippen LogP contribution in [0.25, 0.3) is 16.2 Å². The summed E-state index contributed by atoms with van der Waals surface area (Å²) >= 11 is 1.50. The van der Waals surface area contributed by atoms with Gasteiger partial charge < -0.3 is 11.5 Å². The molecule has 9 nitrogen and oxygen atoms in total. The number of non-ortho nitro benzene ring substituents is 1. The summed E-state index contributed by atoms with van der Waals surface area (Å²) in [6.45, 7) is 1.96. The maximum absolute atomic E-state index is 11.0. The molecule has 2 heterocycles. The predicted octanol–water partition coefficient (Wildman–Crippen LogP) is 1.89. The summed E-state index contributed by atoms with van der Waals surface area (Å²) in [4.78, 5) is 16.9. The van der Waals surface area contributed by atoms with E-state index >= 15 is 0 Å². The summed E-state index contributed by atoms with van der Waals surface area (Å²) in [6, 6.07) is 6.27. The second-order valence-electron chi connectivity index (χ2n) is 4.92. The van der Waals surface area contributed by atoms with Crippen molar-refractivity contribution in [3.8, 4) is 11.3 Å². The smallest absolute Gasteiger partial charge is 0.270 e. The van der Waals surface area contributed by atoms with E-state index in [1.807, 2.05) is 17.5 Å². The van der Waals surface area contributed by atoms with Crippen molar-refractivity contribution in [2.75, 3.05) is 0 Å². The Kier molecular flexibility index (Phi) is 3.96. The Bertz CT molecular complexity index is 982. The van der Waals surface area contributed by atoms with Crippen molar-refractivity contribution in [2.45, 2.75) is 6.92 Å². The van der Waals surface area contributed by atoms with E-state index in [1.165, 1.54) is 29.7 Å². The third-order valence-corrected chi connectivity index (χ3v) is 4.06. The van der Waals surface area contributed by atoms with Crippen LogP contribution in [0, 0.1) is 17.0 Å². The van der Waals surface area contributed by atoms with Gasteiger partial charge in [-0.3, -0.25) is 14.5 Å². The van der Waals surface area contributed by atoms with Crippen molar-refractivity contribution in [1.29, 1.82) is 0 Å². The van der Waals surface area contributed by atoms with E-state index in [9.17, 15) is 10.1 Å². The summed E-state index contributed by atoms with van der Waals surface area (Å²) in [5, 5.41) is 18.4. The highest BCUT2D eigenvalue weighted by molar-refractivity contribution is 7.17. The SMILES string of the molecule is Cc1cn2c(/C=N/N=C(N)N)c(-c3cccc([N+](=O)[O-])c3)nc2s1. The molecule has 2 aromatic heterocycles. The standard InChI is InChI=1S/C14H13N7O2S/c1-8-7-20-11(6-17-19-13(15)16)12(18-14(20)24-8)9-3-2-4-10(5-9)21(22)23/h2-7H,1H3,(H4,15,16,19)/b17-6+. The third-order valence-electron chi connectivity index (χ3n) is 3.16. The van der Waals surface area contributed by atoms with E-state index in [-0.39, 0.29) is 11.6 Å². The van der Waals surface area contributed by atoms with Gasteiger partial charge in [0.2, 0.25) is 5.96 Å². The van der Waals surface area contributed by atoms with Gasteiger partial charge in [-0.25, -0.2) is 4.98 Å². The van der Waals surface area contributed by atoms with Gasteiger partial charge in [0.15, 0.2) is 4.96 Å². The third kappa shape index (κ3) is 2.94. The lowest BCUT2D eigenvalue weighted by molar-refractivity contribution is -0.384. The number of hydrogen-bond donors (Lipinski definition) is 2. The highest BCUT2D eigenvalue weighted by Crippen LogP contribution is 2.29. The number of hydrogen-bond acceptors (Lipinski definition) is 6. The lowest BCUT2D eigenvalue weighted by Crippen LogP contribution is -2.21. The fraction of sp³-hybridized carbons (Fsp3) is 0.0714. The molecule has 3 rings (SSSR count). The minimum atomic E-state index is -0.445. The number of fused-ring (bicyclic) bond motifs is 1. The molecule has 0 aliphatic carbocycles. The monoisotopic (exact) mass is 343 g/mol. The number of guanidine groups is 1. The van der Waals surface area contributed by atoms with Gasteiger partial charge >= 0.3 is 0 Å². The first kappa shape index (κ1) is 15.6. The van der Waals surface area contributed by atoms with Crippen LogP contribution in [0.2, 0.25) is 0 Å². The first-order valence-corrected chi connectivity index (χ1v) is 7.62. The van der Waals surface area contributed by atoms with E-state index in [0.29, 0.717) is 17.0 Å². The molecule has 0 bridgehead atoms. The number of aryl methyl sites for hydroxylation is 1. The first-order valence-electron chi connectivity index (χ1n) is 6.81. The molecule has 0 aliphatic heterocycles. The van der Waals surface area contributed by atoms with Crippen molar-refractivity contribution in [2.24, 2.45) is 21.7 Å². The van der Waals surface area contributed by atoms with Gasteiger partial charge in [0.1, 0.15) is 0 Å². The van der Waals surface area contributed by atoms with Gasteiger partial charge in [-0.2, -0.15) is 5.10 Å². The summed E-state index contributed by atoms with van der Waals surface area (Å²) in [5.74, 6) is -0.162. The number of nitrogens with two attached hydrogens (primary N) is 2. The van der Waals surface area contributed by atoms with Gasteiger partial charge in [-0.1, -0.05) is 12.1 Å². The summed E-state index contributed by atoms with van der Waals surface area (Å²) in [5.41, 5.74) is 12.4. The van der Waals surface area contributed by atoms with Crippen LogP contribution in [-0.2, 0) is 0 Å². The minimum absolute atomic E-state index is 0.00727. The molecule has 0 saturated carbocycles. The quantitative estimate of drug-likeness (QED) is 0.322. The van der Waals surface area contributed by atoms with Crippen LogP contribution < -0.4 is 11.5 Å². The molecule has 122 valence electrons. The average molecular weight is 343 g/mol. The second kappa shape index (κ2) is 6.08. The van der Waals surface area contributed by atoms with Crippen LogP contribution >= 0.6 is 11.3 Å². The van der Waals surface area contributed by atoms with Crippen LogP contribution in [-0.4, -0.2) is 26.5 Å². The number of nitro groups is 1. The van der Waals surface area contributed by atoms with Crippen molar-refractivity contribution in [1.82, 2.24) is 9.38 Å². The maximum Gasteiger partial charge on any atom is 0.270 e. The number of nitrogens with zero attached hydrogens (tertiary/aromatic N) is 5. The number of nitro benzene ring substituents is 1. The van der Waals surface area contributed by atoms with Gasteiger partial charge in [0, 0.05) is 28.8 Å². The maximum atomic E-state index is 11.0. The molecule has 4 N–H and O–H groups in total. The highest BCUT2D eigenvalue weighted by Gasteiger charge is 2.16. The first-order chi connectivity index (χ1) is 11.5. The Morgan fingerprint density at radius 2 is 2.25 bits per heavy atom. The molecule has 0 aliphatic rings. The Hall–Kier alpha value is -3.27. The lowest BCUT2D eigenvalue weighted by atomic mass is 10.1. The molecule has 0 saturated heterocycles. The topological polar surface area (TPSA) is 137 Å². The van der Waals surface area contributed by atoms with Crippen LogP contribution in [0.4, 0.5) is 5.69 Å². The summed E-state index contributed by atoms with van der Waals surface area (Å²) < 4.78 is 1.85. The Labute approximate surface area is 140 Å². The lowest BCUT2D eigenvalue weighted by Gasteiger charge is -2.00. The van der Waals surface area contributed by atoms with E-state index in [0.717, 1.165) is 9.84 Å². The van der Waals surface area contributed by atoms with Crippen LogP contribution in [0.5, 0.6) is 0 Å². The van der Waals surface area contributed by atoms with Crippen LogP contribution in [0.3, 0.4) is 0 Å². The predicted molar refractivity (Wildman–Crippen MR) is 93.3 cm³/mol. The molecule has 0 spiro atoms. The molecule has 1 aromatic carbocycles. The summed E-state index contributed by atoms with van der Waals surface area (Å²) in [7, 11) is 0. The van der Waals surface area contributed by atoms with Crippen LogP contribution in [0.1, 0.15) is 10.6 Å². The Balaban J connectivity index is 2.18. The highest BCUT2D eigenvalue weighted by atomic mass is 32.1. The number of imidazole rings is 1. The summed E-state index contributed by atoms with van der Waals surface area (Å²) in [6.07, 6.45) is 3.38. The zero-order valence-corrected chi connectivity index (χ0v) is 13.4. The van der Waals surface area contributed by atoms with Crippen molar-refractivity contribution in [3.05, 3.63) is 51.1 Å². The van der Waals surface area contributed by atoms with Crippen molar-refractivity contribution < 1.29 is 4.92 Å². The van der Waals surface area contributed by atoms with Crippen molar-refractivity contribution in [3.63, 3.8) is 0 Å². The molecule has 24 heavy (non-hydrogen) atoms. The molecule has 0 unspecified atom stereocenters. The largest absolute Gasteiger partial charge is 0.369 e. The fourth-order valence-electron chi connectivity index (χ4n) is 2.23. The molecular weight excluding hydrogens is 330 g/mol. The van der Waals surface area contributed by atoms with Gasteiger partial charge in [-0.15, -0.1) is 16.4 Å². The van der Waals surface area contributed by atoms with E-state index in [4.69, 9.17) is 11.5 Å². The van der Waals surface area contributed by atoms with E-state index in [2.05, 4.69) is 15.2 Å². The fourth-order valence-corrected chi connectivity index (χ4v) is 3.06. The number of benzene rings is 1. The number of thiazole rings is 1. The second-order valence-corrected chi connectivity index (χ2v) is 6.13. The molecule has 0 fully saturated rings. The van der Waals surface area contributed by atoms with Gasteiger partial charge in [0.05, 0.1) is 22.5 Å². The van der Waals surface area contributed by atoms with E-state index < -0.39 is 4.92 Å².